The fourth-order valence-electron chi connectivity index (χ4n) is 4.88. The van der Waals surface area contributed by atoms with Crippen LogP contribution in [0.3, 0.4) is 0 Å². The largest absolute Gasteiger partial charge is 0.450 e. The molecule has 4 rings (SSSR count). The van der Waals surface area contributed by atoms with Crippen LogP contribution in [-0.2, 0) is 9.53 Å². The third-order valence-corrected chi connectivity index (χ3v) is 5.30. The van der Waals surface area contributed by atoms with Crippen molar-refractivity contribution in [3.63, 3.8) is 0 Å². The van der Waals surface area contributed by atoms with E-state index in [0.717, 1.165) is 18.3 Å². The molecule has 2 heteroatoms. The third-order valence-electron chi connectivity index (χ3n) is 5.30. The lowest BCUT2D eigenvalue weighted by Gasteiger charge is -2.59. The molecule has 4 saturated carbocycles. The average Bonchev–Trinajstić information content (AvgIpc) is 2.23. The standard InChI is InChI=1S/C13H19O2/c1-2-13(15-8-14)11-4-9-3-10(6-11)7-12(13)5-9/h9-12H,2-7H2,1H3. The van der Waals surface area contributed by atoms with Gasteiger partial charge in [0, 0.05) is 0 Å². The van der Waals surface area contributed by atoms with Crippen LogP contribution in [0, 0.1) is 23.7 Å². The van der Waals surface area contributed by atoms with Crippen LogP contribution < -0.4 is 0 Å². The summed E-state index contributed by atoms with van der Waals surface area (Å²) < 4.78 is 5.45. The Morgan fingerprint density at radius 1 is 1.13 bits per heavy atom. The van der Waals surface area contributed by atoms with E-state index in [9.17, 15) is 4.79 Å². The van der Waals surface area contributed by atoms with Crippen molar-refractivity contribution in [2.45, 2.75) is 51.0 Å². The molecular weight excluding hydrogens is 188 g/mol. The zero-order valence-electron chi connectivity index (χ0n) is 9.37. The Morgan fingerprint density at radius 2 is 1.67 bits per heavy atom. The lowest BCUT2D eigenvalue weighted by atomic mass is 9.49. The van der Waals surface area contributed by atoms with Gasteiger partial charge in [0.25, 0.3) is 0 Å². The summed E-state index contributed by atoms with van der Waals surface area (Å²) in [5.74, 6) is 3.14. The molecule has 0 aromatic carbocycles. The van der Waals surface area contributed by atoms with E-state index in [1.54, 1.807) is 6.47 Å². The minimum absolute atomic E-state index is 0.130. The normalized spacial score (nSPS) is 51.8. The van der Waals surface area contributed by atoms with E-state index in [2.05, 4.69) is 6.92 Å². The van der Waals surface area contributed by atoms with Crippen LogP contribution in [0.5, 0.6) is 0 Å². The topological polar surface area (TPSA) is 26.3 Å². The molecular formula is C13H19O2. The second-order valence-electron chi connectivity index (χ2n) is 5.80. The third kappa shape index (κ3) is 1.20. The fourth-order valence-corrected chi connectivity index (χ4v) is 4.88. The van der Waals surface area contributed by atoms with Gasteiger partial charge in [-0.2, -0.15) is 0 Å². The highest BCUT2D eigenvalue weighted by atomic mass is 16.5. The van der Waals surface area contributed by atoms with Gasteiger partial charge >= 0.3 is 6.47 Å². The zero-order valence-corrected chi connectivity index (χ0v) is 9.37. The van der Waals surface area contributed by atoms with Crippen LogP contribution in [-0.4, -0.2) is 12.1 Å². The van der Waals surface area contributed by atoms with Gasteiger partial charge in [-0.3, -0.25) is 0 Å². The second kappa shape index (κ2) is 3.23. The summed E-state index contributed by atoms with van der Waals surface area (Å²) in [7, 11) is 0. The van der Waals surface area contributed by atoms with Crippen molar-refractivity contribution in [1.29, 1.82) is 0 Å². The smallest absolute Gasteiger partial charge is 0.418 e. The predicted octanol–water partition coefficient (Wildman–Crippen LogP) is 2.68. The van der Waals surface area contributed by atoms with Crippen LogP contribution in [0.25, 0.3) is 0 Å². The Kier molecular flexibility index (Phi) is 2.08. The van der Waals surface area contributed by atoms with Crippen molar-refractivity contribution >= 4 is 6.47 Å². The van der Waals surface area contributed by atoms with E-state index in [-0.39, 0.29) is 5.60 Å². The SMILES string of the molecule is CCC1(O[C]=O)C2CC3CC(C2)CC1C3. The first kappa shape index (κ1) is 9.68. The molecule has 0 saturated heterocycles. The second-order valence-corrected chi connectivity index (χ2v) is 5.80. The quantitative estimate of drug-likeness (QED) is 0.711. The highest BCUT2D eigenvalue weighted by Crippen LogP contribution is 2.60. The first-order valence-electron chi connectivity index (χ1n) is 6.33. The molecule has 0 aromatic rings. The molecule has 15 heavy (non-hydrogen) atoms. The highest BCUT2D eigenvalue weighted by Gasteiger charge is 2.57. The van der Waals surface area contributed by atoms with Gasteiger partial charge in [0.1, 0.15) is 5.60 Å². The molecule has 1 radical (unpaired) electrons. The average molecular weight is 207 g/mol. The van der Waals surface area contributed by atoms with Gasteiger partial charge in [-0.15, -0.1) is 0 Å². The zero-order chi connectivity index (χ0) is 10.5. The van der Waals surface area contributed by atoms with E-state index < -0.39 is 0 Å². The maximum absolute atomic E-state index is 10.6. The minimum Gasteiger partial charge on any atom is -0.450 e. The number of hydrogen-bond donors (Lipinski definition) is 0. The first-order valence-corrected chi connectivity index (χ1v) is 6.33. The van der Waals surface area contributed by atoms with Crippen molar-refractivity contribution in [3.05, 3.63) is 0 Å². The summed E-state index contributed by atoms with van der Waals surface area (Å²) in [5, 5.41) is 0. The lowest BCUT2D eigenvalue weighted by molar-refractivity contribution is -0.165. The van der Waals surface area contributed by atoms with E-state index >= 15 is 0 Å². The Hall–Kier alpha value is -0.530. The molecule has 0 N–H and O–H groups in total. The Morgan fingerprint density at radius 3 is 2.07 bits per heavy atom. The summed E-state index contributed by atoms with van der Waals surface area (Å²) >= 11 is 0. The van der Waals surface area contributed by atoms with E-state index in [1.807, 2.05) is 0 Å². The van der Waals surface area contributed by atoms with E-state index in [4.69, 9.17) is 4.74 Å². The summed E-state index contributed by atoms with van der Waals surface area (Å²) in [6.45, 7) is 3.90. The Bertz CT molecular complexity index is 244. The van der Waals surface area contributed by atoms with Gasteiger partial charge in [-0.25, -0.2) is 4.79 Å². The molecule has 4 bridgehead atoms. The molecule has 0 atom stereocenters. The molecule has 0 amide bonds. The van der Waals surface area contributed by atoms with E-state index in [0.29, 0.717) is 11.8 Å². The van der Waals surface area contributed by atoms with Gasteiger partial charge in [0.2, 0.25) is 0 Å². The maximum atomic E-state index is 10.6. The van der Waals surface area contributed by atoms with Gasteiger partial charge in [-0.1, -0.05) is 6.92 Å². The summed E-state index contributed by atoms with van der Waals surface area (Å²) in [6, 6.07) is 0. The van der Waals surface area contributed by atoms with Gasteiger partial charge in [-0.05, 0) is 62.2 Å². The van der Waals surface area contributed by atoms with Crippen LogP contribution in [0.2, 0.25) is 0 Å². The minimum atomic E-state index is -0.130. The molecule has 4 fully saturated rings. The number of ether oxygens (including phenoxy) is 1. The van der Waals surface area contributed by atoms with Crippen molar-refractivity contribution in [2.24, 2.45) is 23.7 Å². The number of rotatable bonds is 3. The van der Waals surface area contributed by atoms with Crippen LogP contribution in [0.1, 0.15) is 45.4 Å². The molecule has 0 unspecified atom stereocenters. The van der Waals surface area contributed by atoms with Gasteiger partial charge in [0.15, 0.2) is 0 Å². The predicted molar refractivity (Wildman–Crippen MR) is 56.8 cm³/mol. The summed E-state index contributed by atoms with van der Waals surface area (Å²) in [5.41, 5.74) is -0.130. The molecule has 0 aliphatic heterocycles. The fraction of sp³-hybridized carbons (Fsp3) is 0.923. The van der Waals surface area contributed by atoms with Crippen molar-refractivity contribution in [2.75, 3.05) is 0 Å². The maximum Gasteiger partial charge on any atom is 0.418 e. The summed E-state index contributed by atoms with van der Waals surface area (Å²) in [4.78, 5) is 10.6. The molecule has 4 aliphatic carbocycles. The Balaban J connectivity index is 1.92. The van der Waals surface area contributed by atoms with Crippen molar-refractivity contribution in [3.8, 4) is 0 Å². The van der Waals surface area contributed by atoms with Crippen molar-refractivity contribution < 1.29 is 9.53 Å². The van der Waals surface area contributed by atoms with Gasteiger partial charge in [0.05, 0.1) is 0 Å². The number of carbonyl (C=O) groups excluding carboxylic acids is 1. The molecule has 0 heterocycles. The number of hydrogen-bond acceptors (Lipinski definition) is 2. The summed E-state index contributed by atoms with van der Waals surface area (Å²) in [6.07, 6.45) is 7.60. The Labute approximate surface area is 91.4 Å². The van der Waals surface area contributed by atoms with Crippen LogP contribution in [0.4, 0.5) is 0 Å². The highest BCUT2D eigenvalue weighted by molar-refractivity contribution is 5.40. The molecule has 4 aliphatic rings. The monoisotopic (exact) mass is 207 g/mol. The molecule has 0 aromatic heterocycles. The molecule has 83 valence electrons. The molecule has 2 nitrogen and oxygen atoms in total. The molecule has 0 spiro atoms. The van der Waals surface area contributed by atoms with Crippen LogP contribution >= 0.6 is 0 Å². The van der Waals surface area contributed by atoms with Crippen LogP contribution in [0.15, 0.2) is 0 Å². The van der Waals surface area contributed by atoms with Gasteiger partial charge < -0.3 is 4.74 Å². The van der Waals surface area contributed by atoms with Crippen molar-refractivity contribution in [1.82, 2.24) is 0 Å². The lowest BCUT2D eigenvalue weighted by Crippen LogP contribution is -2.58. The first-order chi connectivity index (χ1) is 7.28. The van der Waals surface area contributed by atoms with E-state index in [1.165, 1.54) is 32.1 Å².